The van der Waals surface area contributed by atoms with Crippen LogP contribution in [0.25, 0.3) is 6.08 Å². The SMILES string of the molecule is CC(C)(C)OC(=O)NC1CC1/C=C/c1ccccc1F. The molecule has 20 heavy (non-hydrogen) atoms. The summed E-state index contributed by atoms with van der Waals surface area (Å²) in [4.78, 5) is 11.6. The molecule has 0 saturated heterocycles. The number of alkyl carbamates (subject to hydrolysis) is 1. The highest BCUT2D eigenvalue weighted by Gasteiger charge is 2.37. The van der Waals surface area contributed by atoms with E-state index in [4.69, 9.17) is 4.74 Å². The molecule has 108 valence electrons. The predicted molar refractivity (Wildman–Crippen MR) is 76.7 cm³/mol. The second kappa shape index (κ2) is 5.65. The Kier molecular flexibility index (Phi) is 4.12. The van der Waals surface area contributed by atoms with E-state index in [0.29, 0.717) is 5.56 Å². The summed E-state index contributed by atoms with van der Waals surface area (Å²) in [5.74, 6) is 0.0168. The Labute approximate surface area is 118 Å². The average Bonchev–Trinajstić information content (AvgIpc) is 3.03. The summed E-state index contributed by atoms with van der Waals surface area (Å²) < 4.78 is 18.6. The van der Waals surface area contributed by atoms with Crippen molar-refractivity contribution in [3.05, 3.63) is 41.7 Å². The van der Waals surface area contributed by atoms with Crippen molar-refractivity contribution in [1.82, 2.24) is 5.32 Å². The molecule has 1 fully saturated rings. The predicted octanol–water partition coefficient (Wildman–Crippen LogP) is 3.75. The van der Waals surface area contributed by atoms with Crippen molar-refractivity contribution in [2.45, 2.75) is 38.8 Å². The fraction of sp³-hybridized carbons (Fsp3) is 0.438. The molecule has 2 unspecified atom stereocenters. The van der Waals surface area contributed by atoms with Gasteiger partial charge in [0.1, 0.15) is 11.4 Å². The second-order valence-corrected chi connectivity index (χ2v) is 6.03. The van der Waals surface area contributed by atoms with Crippen molar-refractivity contribution in [3.63, 3.8) is 0 Å². The van der Waals surface area contributed by atoms with Gasteiger partial charge in [0.2, 0.25) is 0 Å². The van der Waals surface area contributed by atoms with Gasteiger partial charge in [0, 0.05) is 11.6 Å². The minimum Gasteiger partial charge on any atom is -0.444 e. The Morgan fingerprint density at radius 1 is 1.40 bits per heavy atom. The molecule has 0 bridgehead atoms. The molecule has 1 aromatic rings. The molecule has 1 aromatic carbocycles. The molecule has 1 N–H and O–H groups in total. The van der Waals surface area contributed by atoms with Crippen molar-refractivity contribution in [2.24, 2.45) is 5.92 Å². The molecule has 0 aliphatic heterocycles. The molecule has 3 nitrogen and oxygen atoms in total. The van der Waals surface area contributed by atoms with Gasteiger partial charge in [-0.05, 0) is 39.2 Å². The third-order valence-corrected chi connectivity index (χ3v) is 2.97. The quantitative estimate of drug-likeness (QED) is 0.913. The molecule has 2 rings (SSSR count). The number of halogens is 1. The Morgan fingerprint density at radius 3 is 2.75 bits per heavy atom. The Morgan fingerprint density at radius 2 is 2.10 bits per heavy atom. The van der Waals surface area contributed by atoms with E-state index >= 15 is 0 Å². The molecule has 2 atom stereocenters. The monoisotopic (exact) mass is 277 g/mol. The zero-order valence-corrected chi connectivity index (χ0v) is 12.0. The van der Waals surface area contributed by atoms with E-state index in [1.807, 2.05) is 26.8 Å². The van der Waals surface area contributed by atoms with E-state index in [9.17, 15) is 9.18 Å². The third-order valence-electron chi connectivity index (χ3n) is 2.97. The molecule has 0 spiro atoms. The molecule has 0 heterocycles. The van der Waals surface area contributed by atoms with Gasteiger partial charge in [0.25, 0.3) is 0 Å². The first-order valence-electron chi connectivity index (χ1n) is 6.77. The maximum absolute atomic E-state index is 13.4. The fourth-order valence-corrected chi connectivity index (χ4v) is 1.89. The van der Waals surface area contributed by atoms with Crippen LogP contribution in [0.5, 0.6) is 0 Å². The Balaban J connectivity index is 1.81. The Bertz CT molecular complexity index is 519. The minimum atomic E-state index is -0.489. The van der Waals surface area contributed by atoms with Crippen molar-refractivity contribution in [2.75, 3.05) is 0 Å². The summed E-state index contributed by atoms with van der Waals surface area (Å²) in [5.41, 5.74) is 0.0766. The zero-order valence-electron chi connectivity index (χ0n) is 12.0. The van der Waals surface area contributed by atoms with Crippen molar-refractivity contribution < 1.29 is 13.9 Å². The smallest absolute Gasteiger partial charge is 0.407 e. The number of ether oxygens (including phenoxy) is 1. The van der Waals surface area contributed by atoms with Crippen LogP contribution in [0, 0.1) is 11.7 Å². The van der Waals surface area contributed by atoms with Crippen molar-refractivity contribution in [3.8, 4) is 0 Å². The topological polar surface area (TPSA) is 38.3 Å². The summed E-state index contributed by atoms with van der Waals surface area (Å²) in [6.07, 6.45) is 4.16. The first kappa shape index (κ1) is 14.6. The molecule has 4 heteroatoms. The molecule has 1 amide bonds. The van der Waals surface area contributed by atoms with Crippen LogP contribution in [0.2, 0.25) is 0 Å². The highest BCUT2D eigenvalue weighted by atomic mass is 19.1. The lowest BCUT2D eigenvalue weighted by Gasteiger charge is -2.19. The first-order chi connectivity index (χ1) is 9.35. The molecular weight excluding hydrogens is 257 g/mol. The minimum absolute atomic E-state index is 0.0906. The highest BCUT2D eigenvalue weighted by molar-refractivity contribution is 5.68. The van der Waals surface area contributed by atoms with Gasteiger partial charge < -0.3 is 10.1 Å². The summed E-state index contributed by atoms with van der Waals surface area (Å²) in [6, 6.07) is 6.71. The van der Waals surface area contributed by atoms with Crippen LogP contribution in [0.4, 0.5) is 9.18 Å². The number of rotatable bonds is 3. The van der Waals surface area contributed by atoms with Crippen LogP contribution < -0.4 is 5.32 Å². The van der Waals surface area contributed by atoms with Crippen molar-refractivity contribution >= 4 is 12.2 Å². The molecule has 0 radical (unpaired) electrons. The number of hydrogen-bond donors (Lipinski definition) is 1. The van der Waals surface area contributed by atoms with Gasteiger partial charge in [0.05, 0.1) is 0 Å². The zero-order chi connectivity index (χ0) is 14.8. The number of nitrogens with one attached hydrogen (secondary N) is 1. The van der Waals surface area contributed by atoms with E-state index in [1.165, 1.54) is 6.07 Å². The standard InChI is InChI=1S/C16H20FNO2/c1-16(2,3)20-15(19)18-14-10-12(14)9-8-11-6-4-5-7-13(11)17/h4-9,12,14H,10H2,1-3H3,(H,18,19)/b9-8+. The summed E-state index contributed by atoms with van der Waals surface area (Å²) in [7, 11) is 0. The van der Waals surface area contributed by atoms with Gasteiger partial charge >= 0.3 is 6.09 Å². The maximum Gasteiger partial charge on any atom is 0.407 e. The van der Waals surface area contributed by atoms with Gasteiger partial charge in [-0.1, -0.05) is 30.4 Å². The summed E-state index contributed by atoms with van der Waals surface area (Å²) in [5, 5.41) is 2.81. The fourth-order valence-electron chi connectivity index (χ4n) is 1.89. The van der Waals surface area contributed by atoms with Gasteiger partial charge in [0.15, 0.2) is 0 Å². The Hall–Kier alpha value is -1.84. The second-order valence-electron chi connectivity index (χ2n) is 6.03. The van der Waals surface area contributed by atoms with E-state index in [2.05, 4.69) is 5.32 Å². The molecule has 0 aromatic heterocycles. The van der Waals surface area contributed by atoms with Gasteiger partial charge in [-0.25, -0.2) is 9.18 Å². The number of hydrogen-bond acceptors (Lipinski definition) is 2. The number of carbonyl (C=O) groups is 1. The third kappa shape index (κ3) is 4.37. The van der Waals surface area contributed by atoms with Crippen LogP contribution in [0.3, 0.4) is 0 Å². The van der Waals surface area contributed by atoms with E-state index in [-0.39, 0.29) is 17.8 Å². The molecule has 1 saturated carbocycles. The van der Waals surface area contributed by atoms with E-state index < -0.39 is 11.7 Å². The molecule has 1 aliphatic carbocycles. The number of amides is 1. The lowest BCUT2D eigenvalue weighted by molar-refractivity contribution is 0.0522. The lowest BCUT2D eigenvalue weighted by atomic mass is 10.2. The summed E-state index contributed by atoms with van der Waals surface area (Å²) in [6.45, 7) is 5.49. The van der Waals surface area contributed by atoms with Gasteiger partial charge in [-0.2, -0.15) is 0 Å². The van der Waals surface area contributed by atoms with Crippen LogP contribution in [-0.4, -0.2) is 17.7 Å². The normalized spacial score (nSPS) is 21.8. The van der Waals surface area contributed by atoms with Crippen LogP contribution in [0.1, 0.15) is 32.8 Å². The molecule has 1 aliphatic rings. The van der Waals surface area contributed by atoms with Crippen LogP contribution in [-0.2, 0) is 4.74 Å². The maximum atomic E-state index is 13.4. The molecular formula is C16H20FNO2. The van der Waals surface area contributed by atoms with Crippen LogP contribution >= 0.6 is 0 Å². The van der Waals surface area contributed by atoms with Crippen LogP contribution in [0.15, 0.2) is 30.3 Å². The van der Waals surface area contributed by atoms with Gasteiger partial charge in [-0.15, -0.1) is 0 Å². The van der Waals surface area contributed by atoms with Crippen molar-refractivity contribution in [1.29, 1.82) is 0 Å². The number of carbonyl (C=O) groups excluding carboxylic acids is 1. The lowest BCUT2D eigenvalue weighted by Crippen LogP contribution is -2.34. The summed E-state index contributed by atoms with van der Waals surface area (Å²) >= 11 is 0. The number of benzene rings is 1. The van der Waals surface area contributed by atoms with E-state index in [1.54, 1.807) is 24.3 Å². The highest BCUT2D eigenvalue weighted by Crippen LogP contribution is 2.32. The largest absolute Gasteiger partial charge is 0.444 e. The first-order valence-corrected chi connectivity index (χ1v) is 6.77. The van der Waals surface area contributed by atoms with Gasteiger partial charge in [-0.3, -0.25) is 0 Å². The van der Waals surface area contributed by atoms with E-state index in [0.717, 1.165) is 6.42 Å². The average molecular weight is 277 g/mol.